The van der Waals surface area contributed by atoms with Crippen molar-refractivity contribution in [2.45, 2.75) is 12.2 Å². The molecule has 0 radical (unpaired) electrons. The Morgan fingerprint density at radius 3 is 2.35 bits per heavy atom. The number of alkyl halides is 3. The Bertz CT molecular complexity index is 466. The molecule has 1 unspecified atom stereocenters. The average Bonchev–Trinajstić information content (AvgIpc) is 2.16. The van der Waals surface area contributed by atoms with E-state index in [1.807, 2.05) is 0 Å². The van der Waals surface area contributed by atoms with Gasteiger partial charge in [0.1, 0.15) is 0 Å². The van der Waals surface area contributed by atoms with Crippen LogP contribution >= 0.6 is 0 Å². The van der Waals surface area contributed by atoms with Crippen molar-refractivity contribution < 1.29 is 18.3 Å². The monoisotopic (exact) mass is 250 g/mol. The molecule has 1 aromatic heterocycles. The van der Waals surface area contributed by atoms with Crippen LogP contribution in [0.3, 0.4) is 0 Å². The highest BCUT2D eigenvalue weighted by Crippen LogP contribution is 2.38. The van der Waals surface area contributed by atoms with Gasteiger partial charge in [0.2, 0.25) is 5.43 Å². The van der Waals surface area contributed by atoms with Crippen molar-refractivity contribution >= 4 is 0 Å². The predicted octanol–water partition coefficient (Wildman–Crippen LogP) is 1.26. The minimum Gasteiger partial charge on any atom is -0.503 e. The van der Waals surface area contributed by atoms with Crippen molar-refractivity contribution in [3.63, 3.8) is 0 Å². The van der Waals surface area contributed by atoms with Crippen LogP contribution in [0.2, 0.25) is 0 Å². The molecule has 17 heavy (non-hydrogen) atoms. The third-order valence-corrected chi connectivity index (χ3v) is 2.39. The molecule has 0 saturated carbocycles. The summed E-state index contributed by atoms with van der Waals surface area (Å²) in [6.07, 6.45) is -3.38. The van der Waals surface area contributed by atoms with Crippen molar-refractivity contribution in [3.05, 3.63) is 28.2 Å². The molecular formula is C10H13F3N2O2. The Hall–Kier alpha value is -1.50. The molecule has 0 aliphatic carbocycles. The maximum Gasteiger partial charge on any atom is 0.409 e. The molecule has 0 aliphatic rings. The first kappa shape index (κ1) is 13.6. The van der Waals surface area contributed by atoms with E-state index >= 15 is 0 Å². The topological polar surface area (TPSA) is 45.5 Å². The van der Waals surface area contributed by atoms with Crippen molar-refractivity contribution in [3.8, 4) is 5.75 Å². The lowest BCUT2D eigenvalue weighted by Crippen LogP contribution is -2.36. The van der Waals surface area contributed by atoms with E-state index in [2.05, 4.69) is 0 Å². The van der Waals surface area contributed by atoms with Crippen molar-refractivity contribution in [1.29, 1.82) is 0 Å². The van der Waals surface area contributed by atoms with Gasteiger partial charge in [-0.15, -0.1) is 0 Å². The number of pyridine rings is 1. The lowest BCUT2D eigenvalue weighted by atomic mass is 10.1. The molecule has 7 heteroatoms. The summed E-state index contributed by atoms with van der Waals surface area (Å²) in [5, 5.41) is 9.50. The zero-order chi connectivity index (χ0) is 13.4. The molecule has 0 aliphatic heterocycles. The highest BCUT2D eigenvalue weighted by atomic mass is 19.4. The first-order valence-corrected chi connectivity index (χ1v) is 4.78. The first-order chi connectivity index (χ1) is 7.66. The van der Waals surface area contributed by atoms with Crippen LogP contribution in [0.1, 0.15) is 11.7 Å². The number of hydrogen-bond donors (Lipinski definition) is 1. The van der Waals surface area contributed by atoms with E-state index in [-0.39, 0.29) is 0 Å². The predicted molar refractivity (Wildman–Crippen MR) is 55.8 cm³/mol. The molecule has 4 nitrogen and oxygen atoms in total. The number of aromatic hydroxyl groups is 1. The number of rotatable bonds is 2. The summed E-state index contributed by atoms with van der Waals surface area (Å²) in [5.41, 5.74) is -1.29. The lowest BCUT2D eigenvalue weighted by molar-refractivity contribution is -0.181. The van der Waals surface area contributed by atoms with Crippen LogP contribution in [-0.4, -0.2) is 34.8 Å². The van der Waals surface area contributed by atoms with Crippen LogP contribution in [0, 0.1) is 0 Å². The fraction of sp³-hybridized carbons (Fsp3) is 0.500. The standard InChI is InChI=1S/C10H13F3N2O2/c1-14(2)9(10(11,12)13)7-8(17)6(16)4-5-15(7)3/h4-5,9,17H,1-3H3. The Morgan fingerprint density at radius 1 is 1.41 bits per heavy atom. The fourth-order valence-electron chi connectivity index (χ4n) is 1.65. The van der Waals surface area contributed by atoms with Crippen molar-refractivity contribution in [1.82, 2.24) is 9.47 Å². The number of aryl methyl sites for hydroxylation is 1. The number of halogens is 3. The van der Waals surface area contributed by atoms with E-state index in [1.54, 1.807) is 0 Å². The van der Waals surface area contributed by atoms with E-state index in [4.69, 9.17) is 0 Å². The third kappa shape index (κ3) is 2.60. The first-order valence-electron chi connectivity index (χ1n) is 4.78. The molecule has 1 heterocycles. The smallest absolute Gasteiger partial charge is 0.409 e. The second-order valence-electron chi connectivity index (χ2n) is 3.93. The maximum absolute atomic E-state index is 12.9. The van der Waals surface area contributed by atoms with Gasteiger partial charge < -0.3 is 9.67 Å². The van der Waals surface area contributed by atoms with Gasteiger partial charge >= 0.3 is 6.18 Å². The van der Waals surface area contributed by atoms with Crippen LogP contribution in [0.25, 0.3) is 0 Å². The van der Waals surface area contributed by atoms with Gasteiger partial charge in [-0.1, -0.05) is 0 Å². The molecule has 0 saturated heterocycles. The highest BCUT2D eigenvalue weighted by molar-refractivity contribution is 5.30. The van der Waals surface area contributed by atoms with Crippen molar-refractivity contribution in [2.75, 3.05) is 14.1 Å². The minimum atomic E-state index is -4.58. The molecule has 96 valence electrons. The molecule has 0 aromatic carbocycles. The van der Waals surface area contributed by atoms with Crippen LogP contribution < -0.4 is 5.43 Å². The Kier molecular flexibility index (Phi) is 3.51. The maximum atomic E-state index is 12.9. The SMILES string of the molecule is CN(C)C(c1c(O)c(=O)ccn1C)C(F)(F)F. The van der Waals surface area contributed by atoms with Crippen LogP contribution in [-0.2, 0) is 7.05 Å². The molecule has 0 fully saturated rings. The van der Waals surface area contributed by atoms with E-state index in [9.17, 15) is 23.1 Å². The summed E-state index contributed by atoms with van der Waals surface area (Å²) in [7, 11) is 3.81. The van der Waals surface area contributed by atoms with E-state index in [0.717, 1.165) is 15.5 Å². The summed E-state index contributed by atoms with van der Waals surface area (Å²) in [6, 6.07) is -1.01. The van der Waals surface area contributed by atoms with Gasteiger partial charge in [-0.2, -0.15) is 13.2 Å². The molecular weight excluding hydrogens is 237 g/mol. The minimum absolute atomic E-state index is 0.463. The fourth-order valence-corrected chi connectivity index (χ4v) is 1.65. The largest absolute Gasteiger partial charge is 0.503 e. The summed E-state index contributed by atoms with van der Waals surface area (Å²) in [6.45, 7) is 0. The third-order valence-electron chi connectivity index (χ3n) is 2.39. The van der Waals surface area contributed by atoms with Gasteiger partial charge in [-0.05, 0) is 14.1 Å². The molecule has 1 N–H and O–H groups in total. The van der Waals surface area contributed by atoms with Crippen LogP contribution in [0.5, 0.6) is 5.75 Å². The second-order valence-corrected chi connectivity index (χ2v) is 3.93. The zero-order valence-corrected chi connectivity index (χ0v) is 9.62. The normalized spacial score (nSPS) is 14.1. The van der Waals surface area contributed by atoms with Gasteiger partial charge in [0.15, 0.2) is 11.8 Å². The Labute approximate surface area is 95.9 Å². The lowest BCUT2D eigenvalue weighted by Gasteiger charge is -2.28. The van der Waals surface area contributed by atoms with Crippen molar-refractivity contribution in [2.24, 2.45) is 7.05 Å². The molecule has 0 amide bonds. The molecule has 0 spiro atoms. The number of aromatic nitrogens is 1. The quantitative estimate of drug-likeness (QED) is 0.859. The summed E-state index contributed by atoms with van der Waals surface area (Å²) in [5.74, 6) is -0.869. The van der Waals surface area contributed by atoms with Gasteiger partial charge in [-0.3, -0.25) is 9.69 Å². The van der Waals surface area contributed by atoms with Gasteiger partial charge in [0.05, 0.1) is 5.69 Å². The molecule has 1 rings (SSSR count). The Balaban J connectivity index is 3.49. The Morgan fingerprint density at radius 2 is 1.94 bits per heavy atom. The second kappa shape index (κ2) is 4.40. The number of nitrogens with zero attached hydrogens (tertiary/aromatic N) is 2. The highest BCUT2D eigenvalue weighted by Gasteiger charge is 2.45. The summed E-state index contributed by atoms with van der Waals surface area (Å²) in [4.78, 5) is 12.1. The molecule has 1 atom stereocenters. The summed E-state index contributed by atoms with van der Waals surface area (Å²) < 4.78 is 39.7. The average molecular weight is 250 g/mol. The van der Waals surface area contributed by atoms with E-state index in [1.165, 1.54) is 27.3 Å². The van der Waals surface area contributed by atoms with Crippen LogP contribution in [0.4, 0.5) is 13.2 Å². The number of hydrogen-bond acceptors (Lipinski definition) is 3. The van der Waals surface area contributed by atoms with E-state index < -0.39 is 29.1 Å². The van der Waals surface area contributed by atoms with E-state index in [0.29, 0.717) is 0 Å². The summed E-state index contributed by atoms with van der Waals surface area (Å²) >= 11 is 0. The molecule has 1 aromatic rings. The van der Waals surface area contributed by atoms with Gasteiger partial charge in [-0.25, -0.2) is 0 Å². The van der Waals surface area contributed by atoms with Gasteiger partial charge in [0.25, 0.3) is 0 Å². The molecule has 0 bridgehead atoms. The zero-order valence-electron chi connectivity index (χ0n) is 9.62. The van der Waals surface area contributed by atoms with Crippen LogP contribution in [0.15, 0.2) is 17.1 Å². The van der Waals surface area contributed by atoms with Gasteiger partial charge in [0, 0.05) is 19.3 Å².